The van der Waals surface area contributed by atoms with Crippen molar-refractivity contribution in [1.29, 1.82) is 0 Å². The van der Waals surface area contributed by atoms with E-state index in [1.807, 2.05) is 6.07 Å². The molecule has 0 unspecified atom stereocenters. The monoisotopic (exact) mass is 198 g/mol. The van der Waals surface area contributed by atoms with Gasteiger partial charge in [-0.3, -0.25) is 0 Å². The van der Waals surface area contributed by atoms with E-state index in [9.17, 15) is 9.90 Å². The Hall–Kier alpha value is -0.840. The van der Waals surface area contributed by atoms with Crippen LogP contribution in [-0.2, 0) is 0 Å². The summed E-state index contributed by atoms with van der Waals surface area (Å²) in [4.78, 5) is 17.4. The Labute approximate surface area is 103 Å². The van der Waals surface area contributed by atoms with Gasteiger partial charge >= 0.3 is 29.6 Å². The molecule has 0 amide bonds. The maximum atomic E-state index is 10.7. The van der Waals surface area contributed by atoms with Crippen LogP contribution < -0.4 is 34.7 Å². The van der Waals surface area contributed by atoms with Crippen molar-refractivity contribution >= 4 is 16.9 Å². The summed E-state index contributed by atoms with van der Waals surface area (Å²) in [5.41, 5.74) is 1.16. The number of aromatic amines is 1. The van der Waals surface area contributed by atoms with Crippen LogP contribution in [0.1, 0.15) is 16.2 Å². The van der Waals surface area contributed by atoms with Crippen molar-refractivity contribution in [2.75, 3.05) is 0 Å². The smallest absolute Gasteiger partial charge is 0.543 e. The van der Waals surface area contributed by atoms with Gasteiger partial charge in [0.2, 0.25) is 0 Å². The molecule has 0 atom stereocenters. The molecule has 2 aromatic heterocycles. The Kier molecular flexibility index (Phi) is 3.31. The molecule has 5 heteroatoms. The van der Waals surface area contributed by atoms with Gasteiger partial charge in [-0.05, 0) is 19.1 Å². The van der Waals surface area contributed by atoms with Crippen LogP contribution in [0.5, 0.6) is 0 Å². The van der Waals surface area contributed by atoms with Crippen molar-refractivity contribution in [3.63, 3.8) is 0 Å². The van der Waals surface area contributed by atoms with Crippen LogP contribution in [0, 0.1) is 6.92 Å². The average Bonchev–Trinajstić information content (AvgIpc) is 2.49. The Morgan fingerprint density at radius 2 is 2.29 bits per heavy atom. The molecule has 66 valence electrons. The fourth-order valence-electron chi connectivity index (χ4n) is 1.34. The van der Waals surface area contributed by atoms with E-state index in [-0.39, 0.29) is 35.3 Å². The van der Waals surface area contributed by atoms with Crippen LogP contribution in [0.3, 0.4) is 0 Å². The molecule has 0 saturated heterocycles. The molecule has 0 aliphatic rings. The summed E-state index contributed by atoms with van der Waals surface area (Å²) >= 11 is 0. The zero-order valence-corrected chi connectivity index (χ0v) is 10.00. The van der Waals surface area contributed by atoms with Crippen molar-refractivity contribution < 1.29 is 39.5 Å². The fraction of sp³-hybridized carbons (Fsp3) is 0.111. The maximum absolute atomic E-state index is 10.7. The molecule has 2 aromatic rings. The first-order valence-electron chi connectivity index (χ1n) is 3.84. The van der Waals surface area contributed by atoms with E-state index in [0.717, 1.165) is 5.39 Å². The number of nitrogens with zero attached hydrogens (tertiary/aromatic N) is 1. The third-order valence-corrected chi connectivity index (χ3v) is 1.86. The van der Waals surface area contributed by atoms with E-state index in [4.69, 9.17) is 0 Å². The molecule has 1 N–H and O–H groups in total. The van der Waals surface area contributed by atoms with Crippen LogP contribution in [0.15, 0.2) is 18.3 Å². The number of H-pyrrole nitrogens is 1. The number of pyridine rings is 1. The molecule has 2 heterocycles. The van der Waals surface area contributed by atoms with Gasteiger partial charge in [-0.15, -0.1) is 0 Å². The van der Waals surface area contributed by atoms with E-state index >= 15 is 0 Å². The second kappa shape index (κ2) is 4.13. The van der Waals surface area contributed by atoms with E-state index in [1.54, 1.807) is 19.2 Å². The average molecular weight is 198 g/mol. The number of aryl methyl sites for hydroxylation is 1. The molecule has 0 spiro atoms. The molecule has 0 aliphatic carbocycles. The van der Waals surface area contributed by atoms with Crippen molar-refractivity contribution in [1.82, 2.24) is 9.97 Å². The summed E-state index contributed by atoms with van der Waals surface area (Å²) in [7, 11) is 0. The maximum Gasteiger partial charge on any atom is 1.00 e. The molecule has 2 rings (SSSR count). The van der Waals surface area contributed by atoms with Crippen LogP contribution in [0.4, 0.5) is 0 Å². The molecule has 0 aromatic carbocycles. The Balaban J connectivity index is 0.000000980. The fourth-order valence-corrected chi connectivity index (χ4v) is 1.34. The molecular weight excluding hydrogens is 191 g/mol. The van der Waals surface area contributed by atoms with Gasteiger partial charge in [-0.1, -0.05) is 0 Å². The first kappa shape index (κ1) is 11.2. The molecule has 0 fully saturated rings. The molecular formula is C9H7N2NaO2. The van der Waals surface area contributed by atoms with Crippen molar-refractivity contribution in [2.24, 2.45) is 0 Å². The van der Waals surface area contributed by atoms with Gasteiger partial charge in [0.1, 0.15) is 5.69 Å². The number of rotatable bonds is 1. The van der Waals surface area contributed by atoms with Gasteiger partial charge in [0.05, 0.1) is 11.5 Å². The predicted octanol–water partition coefficient (Wildman–Crippen LogP) is -2.76. The van der Waals surface area contributed by atoms with Crippen LogP contribution >= 0.6 is 0 Å². The minimum absolute atomic E-state index is 0. The van der Waals surface area contributed by atoms with E-state index in [0.29, 0.717) is 11.2 Å². The summed E-state index contributed by atoms with van der Waals surface area (Å²) in [5, 5.41) is 11.5. The van der Waals surface area contributed by atoms with Gasteiger partial charge in [0.15, 0.2) is 0 Å². The minimum atomic E-state index is -1.25. The second-order valence-electron chi connectivity index (χ2n) is 2.84. The number of hydrogen-bond acceptors (Lipinski definition) is 3. The van der Waals surface area contributed by atoms with Crippen molar-refractivity contribution in [3.05, 3.63) is 29.7 Å². The summed E-state index contributed by atoms with van der Waals surface area (Å²) in [5.74, 6) is -1.25. The van der Waals surface area contributed by atoms with Crippen LogP contribution in [0.2, 0.25) is 0 Å². The van der Waals surface area contributed by atoms with Gasteiger partial charge in [0.25, 0.3) is 0 Å². The quantitative estimate of drug-likeness (QED) is 0.505. The number of carbonyl (C=O) groups excluding carboxylic acids is 1. The number of carboxylic acids is 1. The third-order valence-electron chi connectivity index (χ3n) is 1.86. The zero-order chi connectivity index (χ0) is 9.42. The number of fused-ring (bicyclic) bond motifs is 1. The molecule has 0 radical (unpaired) electrons. The van der Waals surface area contributed by atoms with Crippen molar-refractivity contribution in [2.45, 2.75) is 6.92 Å². The first-order chi connectivity index (χ1) is 6.18. The molecule has 0 bridgehead atoms. The SMILES string of the molecule is Cc1cc2cc[nH]c2c(C(=O)[O-])n1.[Na+]. The largest absolute Gasteiger partial charge is 1.00 e. The topological polar surface area (TPSA) is 68.8 Å². The Morgan fingerprint density at radius 1 is 1.57 bits per heavy atom. The molecule has 14 heavy (non-hydrogen) atoms. The summed E-state index contributed by atoms with van der Waals surface area (Å²) < 4.78 is 0. The van der Waals surface area contributed by atoms with E-state index in [2.05, 4.69) is 9.97 Å². The van der Waals surface area contributed by atoms with Gasteiger partial charge < -0.3 is 14.9 Å². The van der Waals surface area contributed by atoms with E-state index in [1.165, 1.54) is 0 Å². The molecule has 0 saturated carbocycles. The first-order valence-corrected chi connectivity index (χ1v) is 3.84. The standard InChI is InChI=1S/C9H8N2O2.Na/c1-5-4-6-2-3-10-7(6)8(11-5)9(12)13;/h2-4,10H,1H3,(H,12,13);/q;+1/p-1. The number of nitrogens with one attached hydrogen (secondary N) is 1. The Morgan fingerprint density at radius 3 is 2.93 bits per heavy atom. The number of carbonyl (C=O) groups is 1. The molecule has 0 aliphatic heterocycles. The second-order valence-corrected chi connectivity index (χ2v) is 2.84. The predicted molar refractivity (Wildman–Crippen MR) is 45.2 cm³/mol. The normalized spacial score (nSPS) is 9.79. The van der Waals surface area contributed by atoms with Gasteiger partial charge in [-0.2, -0.15) is 0 Å². The summed E-state index contributed by atoms with van der Waals surface area (Å²) in [6, 6.07) is 3.62. The Bertz CT molecular complexity index is 479. The molecule has 4 nitrogen and oxygen atoms in total. The van der Waals surface area contributed by atoms with Crippen molar-refractivity contribution in [3.8, 4) is 0 Å². The zero-order valence-electron chi connectivity index (χ0n) is 8.00. The summed E-state index contributed by atoms with van der Waals surface area (Å²) in [6.07, 6.45) is 1.68. The van der Waals surface area contributed by atoms with Crippen LogP contribution in [-0.4, -0.2) is 15.9 Å². The van der Waals surface area contributed by atoms with Crippen LogP contribution in [0.25, 0.3) is 10.9 Å². The summed E-state index contributed by atoms with van der Waals surface area (Å²) in [6.45, 7) is 1.75. The van der Waals surface area contributed by atoms with E-state index < -0.39 is 5.97 Å². The number of hydrogen-bond donors (Lipinski definition) is 1. The number of aromatic carboxylic acids is 1. The third kappa shape index (κ3) is 1.82. The number of aromatic nitrogens is 2. The van der Waals surface area contributed by atoms with Gasteiger partial charge in [-0.25, -0.2) is 4.98 Å². The van der Waals surface area contributed by atoms with Gasteiger partial charge in [0, 0.05) is 17.3 Å². The number of carboxylic acid groups (broad SMARTS) is 1. The minimum Gasteiger partial charge on any atom is -0.543 e.